The highest BCUT2D eigenvalue weighted by Gasteiger charge is 2.33. The van der Waals surface area contributed by atoms with Gasteiger partial charge in [-0.2, -0.15) is 0 Å². The van der Waals surface area contributed by atoms with Gasteiger partial charge in [-0.15, -0.1) is 0 Å². The minimum Gasteiger partial charge on any atom is -0.364 e. The van der Waals surface area contributed by atoms with Crippen molar-refractivity contribution in [3.05, 3.63) is 0 Å². The summed E-state index contributed by atoms with van der Waals surface area (Å²) in [5, 5.41) is 0. The SMILES string of the molecule is CCCC1(Br)CCO1. The summed E-state index contributed by atoms with van der Waals surface area (Å²) in [7, 11) is 0. The molecule has 1 aliphatic rings. The fourth-order valence-electron chi connectivity index (χ4n) is 0.894. The van der Waals surface area contributed by atoms with Gasteiger partial charge in [0.2, 0.25) is 0 Å². The molecule has 0 N–H and O–H groups in total. The molecule has 8 heavy (non-hydrogen) atoms. The molecule has 1 aliphatic heterocycles. The number of ether oxygens (including phenoxy) is 1. The highest BCUT2D eigenvalue weighted by atomic mass is 79.9. The maximum Gasteiger partial charge on any atom is 0.125 e. The quantitative estimate of drug-likeness (QED) is 0.591. The van der Waals surface area contributed by atoms with Crippen LogP contribution in [0, 0.1) is 0 Å². The van der Waals surface area contributed by atoms with Gasteiger partial charge in [-0.1, -0.05) is 29.3 Å². The van der Waals surface area contributed by atoms with Crippen molar-refractivity contribution in [2.24, 2.45) is 0 Å². The highest BCUT2D eigenvalue weighted by molar-refractivity contribution is 9.10. The zero-order valence-electron chi connectivity index (χ0n) is 5.11. The Labute approximate surface area is 58.5 Å². The molecule has 0 spiro atoms. The summed E-state index contributed by atoms with van der Waals surface area (Å²) >= 11 is 3.51. The molecule has 1 fully saturated rings. The Hall–Kier alpha value is 0.440. The summed E-state index contributed by atoms with van der Waals surface area (Å²) in [5.41, 5.74) is 0. The molecule has 1 unspecified atom stereocenters. The molecule has 0 aromatic heterocycles. The van der Waals surface area contributed by atoms with Gasteiger partial charge in [0.1, 0.15) is 4.51 Å². The Morgan fingerprint density at radius 1 is 1.75 bits per heavy atom. The standard InChI is InChI=1S/C6H11BrO/c1-2-3-6(7)4-5-8-6/h2-5H2,1H3. The van der Waals surface area contributed by atoms with Crippen molar-refractivity contribution in [3.63, 3.8) is 0 Å². The Bertz CT molecular complexity index is 78.6. The van der Waals surface area contributed by atoms with Crippen molar-refractivity contribution in [3.8, 4) is 0 Å². The molecule has 1 atom stereocenters. The van der Waals surface area contributed by atoms with Crippen LogP contribution in [0.25, 0.3) is 0 Å². The topological polar surface area (TPSA) is 9.23 Å². The summed E-state index contributed by atoms with van der Waals surface area (Å²) in [6, 6.07) is 0. The van der Waals surface area contributed by atoms with Crippen LogP contribution in [0.3, 0.4) is 0 Å². The smallest absolute Gasteiger partial charge is 0.125 e. The molecule has 0 saturated carbocycles. The zero-order chi connectivity index (χ0) is 6.04. The van der Waals surface area contributed by atoms with Gasteiger partial charge < -0.3 is 4.74 Å². The van der Waals surface area contributed by atoms with Gasteiger partial charge >= 0.3 is 0 Å². The summed E-state index contributed by atoms with van der Waals surface area (Å²) in [4.78, 5) is 0. The number of halogens is 1. The second-order valence-corrected chi connectivity index (χ2v) is 3.68. The molecule has 1 nitrogen and oxygen atoms in total. The third-order valence-electron chi connectivity index (χ3n) is 1.46. The fraction of sp³-hybridized carbons (Fsp3) is 1.00. The molecule has 0 bridgehead atoms. The average molecular weight is 179 g/mol. The second-order valence-electron chi connectivity index (χ2n) is 2.23. The van der Waals surface area contributed by atoms with Gasteiger partial charge in [0.25, 0.3) is 0 Å². The molecular weight excluding hydrogens is 168 g/mol. The molecular formula is C6H11BrO. The Kier molecular flexibility index (Phi) is 1.93. The fourth-order valence-corrected chi connectivity index (χ4v) is 1.61. The van der Waals surface area contributed by atoms with Crippen LogP contribution in [0.2, 0.25) is 0 Å². The van der Waals surface area contributed by atoms with Crippen molar-refractivity contribution >= 4 is 15.9 Å². The molecule has 48 valence electrons. The van der Waals surface area contributed by atoms with E-state index in [1.165, 1.54) is 12.8 Å². The van der Waals surface area contributed by atoms with Crippen molar-refractivity contribution < 1.29 is 4.74 Å². The lowest BCUT2D eigenvalue weighted by molar-refractivity contribution is -0.0773. The highest BCUT2D eigenvalue weighted by Crippen LogP contribution is 2.36. The first-order chi connectivity index (χ1) is 3.77. The first-order valence-electron chi connectivity index (χ1n) is 3.10. The monoisotopic (exact) mass is 178 g/mol. The normalized spacial score (nSPS) is 36.8. The van der Waals surface area contributed by atoms with E-state index in [0.717, 1.165) is 13.0 Å². The van der Waals surface area contributed by atoms with E-state index in [2.05, 4.69) is 22.9 Å². The van der Waals surface area contributed by atoms with Gasteiger partial charge in [0, 0.05) is 6.42 Å². The lowest BCUT2D eigenvalue weighted by Gasteiger charge is -2.36. The Morgan fingerprint density at radius 3 is 2.50 bits per heavy atom. The zero-order valence-corrected chi connectivity index (χ0v) is 6.70. The average Bonchev–Trinajstić information content (AvgIpc) is 1.64. The van der Waals surface area contributed by atoms with Gasteiger partial charge in [-0.25, -0.2) is 0 Å². The molecule has 0 aromatic carbocycles. The Morgan fingerprint density at radius 2 is 2.38 bits per heavy atom. The van der Waals surface area contributed by atoms with Crippen LogP contribution in [0.4, 0.5) is 0 Å². The Balaban J connectivity index is 2.20. The minimum absolute atomic E-state index is 0.0851. The molecule has 1 rings (SSSR count). The van der Waals surface area contributed by atoms with E-state index in [4.69, 9.17) is 4.74 Å². The van der Waals surface area contributed by atoms with E-state index in [1.807, 2.05) is 0 Å². The maximum absolute atomic E-state index is 5.28. The number of alkyl halides is 1. The summed E-state index contributed by atoms with van der Waals surface area (Å²) < 4.78 is 5.36. The van der Waals surface area contributed by atoms with Crippen LogP contribution in [-0.2, 0) is 4.74 Å². The van der Waals surface area contributed by atoms with Gasteiger partial charge in [-0.05, 0) is 6.42 Å². The molecule has 1 heterocycles. The third-order valence-corrected chi connectivity index (χ3v) is 2.48. The molecule has 0 amide bonds. The van der Waals surface area contributed by atoms with Crippen molar-refractivity contribution in [1.29, 1.82) is 0 Å². The maximum atomic E-state index is 5.28. The molecule has 0 aliphatic carbocycles. The number of hydrogen-bond donors (Lipinski definition) is 0. The number of rotatable bonds is 2. The van der Waals surface area contributed by atoms with E-state index in [-0.39, 0.29) is 4.51 Å². The van der Waals surface area contributed by atoms with Crippen molar-refractivity contribution in [2.45, 2.75) is 30.7 Å². The van der Waals surface area contributed by atoms with Crippen LogP contribution >= 0.6 is 15.9 Å². The largest absolute Gasteiger partial charge is 0.364 e. The lowest BCUT2D eigenvalue weighted by atomic mass is 10.1. The van der Waals surface area contributed by atoms with E-state index in [9.17, 15) is 0 Å². The van der Waals surface area contributed by atoms with Crippen LogP contribution < -0.4 is 0 Å². The third kappa shape index (κ3) is 1.23. The first kappa shape index (κ1) is 6.56. The molecule has 0 radical (unpaired) electrons. The summed E-state index contributed by atoms with van der Waals surface area (Å²) in [6.07, 6.45) is 3.53. The molecule has 2 heteroatoms. The van der Waals surface area contributed by atoms with Crippen molar-refractivity contribution in [1.82, 2.24) is 0 Å². The lowest BCUT2D eigenvalue weighted by Crippen LogP contribution is -2.36. The van der Waals surface area contributed by atoms with E-state index < -0.39 is 0 Å². The van der Waals surface area contributed by atoms with E-state index in [0.29, 0.717) is 0 Å². The first-order valence-corrected chi connectivity index (χ1v) is 3.89. The molecule has 1 saturated heterocycles. The predicted octanol–water partition coefficient (Wildman–Crippen LogP) is 2.30. The van der Waals surface area contributed by atoms with Gasteiger partial charge in [0.05, 0.1) is 6.61 Å². The summed E-state index contributed by atoms with van der Waals surface area (Å²) in [5.74, 6) is 0. The van der Waals surface area contributed by atoms with Crippen LogP contribution in [0.15, 0.2) is 0 Å². The van der Waals surface area contributed by atoms with Crippen LogP contribution in [0.5, 0.6) is 0 Å². The molecule has 0 aromatic rings. The minimum atomic E-state index is 0.0851. The van der Waals surface area contributed by atoms with Gasteiger partial charge in [0.15, 0.2) is 0 Å². The van der Waals surface area contributed by atoms with Crippen LogP contribution in [-0.4, -0.2) is 11.1 Å². The van der Waals surface area contributed by atoms with Crippen LogP contribution in [0.1, 0.15) is 26.2 Å². The van der Waals surface area contributed by atoms with Crippen molar-refractivity contribution in [2.75, 3.05) is 6.61 Å². The van der Waals surface area contributed by atoms with E-state index in [1.54, 1.807) is 0 Å². The second kappa shape index (κ2) is 2.36. The number of hydrogen-bond acceptors (Lipinski definition) is 1. The van der Waals surface area contributed by atoms with E-state index >= 15 is 0 Å². The summed E-state index contributed by atoms with van der Waals surface area (Å²) in [6.45, 7) is 3.11. The predicted molar refractivity (Wildman–Crippen MR) is 37.1 cm³/mol. The van der Waals surface area contributed by atoms with Gasteiger partial charge in [-0.3, -0.25) is 0 Å².